The summed E-state index contributed by atoms with van der Waals surface area (Å²) in [5, 5.41) is 9.28. The molecule has 2 aromatic rings. The van der Waals surface area contributed by atoms with Crippen molar-refractivity contribution in [1.29, 1.82) is 5.26 Å². The molecule has 0 spiro atoms. The van der Waals surface area contributed by atoms with Crippen LogP contribution in [0.5, 0.6) is 0 Å². The molecule has 8 heteroatoms. The number of nitriles is 1. The van der Waals surface area contributed by atoms with Crippen molar-refractivity contribution in [2.24, 2.45) is 0 Å². The van der Waals surface area contributed by atoms with Gasteiger partial charge in [0.25, 0.3) is 17.4 Å². The van der Waals surface area contributed by atoms with E-state index in [-0.39, 0.29) is 18.7 Å². The van der Waals surface area contributed by atoms with Crippen LogP contribution in [0.15, 0.2) is 33.9 Å². The Hall–Kier alpha value is -3.47. The van der Waals surface area contributed by atoms with Gasteiger partial charge < -0.3 is 0 Å². The van der Waals surface area contributed by atoms with E-state index in [2.05, 4.69) is 0 Å². The molecule has 2 aliphatic rings. The molecule has 0 saturated carbocycles. The number of carbonyl (C=O) groups is 2. The molecule has 0 bridgehead atoms. The van der Waals surface area contributed by atoms with Crippen molar-refractivity contribution in [3.63, 3.8) is 0 Å². The number of nitrogens with zero attached hydrogens (tertiary/aromatic N) is 4. The van der Waals surface area contributed by atoms with Crippen LogP contribution in [-0.2, 0) is 19.5 Å². The smallest absolute Gasteiger partial charge is 0.296 e. The van der Waals surface area contributed by atoms with Gasteiger partial charge in [-0.1, -0.05) is 12.1 Å². The molecule has 8 nitrogen and oxygen atoms in total. The highest BCUT2D eigenvalue weighted by molar-refractivity contribution is 6.21. The van der Waals surface area contributed by atoms with Crippen LogP contribution in [0.4, 0.5) is 0 Å². The maximum atomic E-state index is 12.6. The van der Waals surface area contributed by atoms with Gasteiger partial charge in [0.2, 0.25) is 0 Å². The van der Waals surface area contributed by atoms with Crippen molar-refractivity contribution in [2.75, 3.05) is 6.54 Å². The normalized spacial score (nSPS) is 15.1. The summed E-state index contributed by atoms with van der Waals surface area (Å²) >= 11 is 0. The van der Waals surface area contributed by atoms with Crippen LogP contribution in [0.3, 0.4) is 0 Å². The number of rotatable bonds is 3. The van der Waals surface area contributed by atoms with Gasteiger partial charge in [-0.05, 0) is 25.0 Å². The Balaban J connectivity index is 1.68. The molecule has 2 aliphatic heterocycles. The Morgan fingerprint density at radius 3 is 2.27 bits per heavy atom. The number of aromatic nitrogens is 2. The van der Waals surface area contributed by atoms with Crippen LogP contribution in [0.25, 0.3) is 0 Å². The molecule has 0 saturated heterocycles. The van der Waals surface area contributed by atoms with Gasteiger partial charge in [-0.2, -0.15) is 5.26 Å². The first-order valence-electron chi connectivity index (χ1n) is 8.26. The van der Waals surface area contributed by atoms with Crippen LogP contribution >= 0.6 is 0 Å². The number of carbonyl (C=O) groups excluding carboxylic acids is 2. The SMILES string of the molecule is N#Cc1c2n(c(=O)n(CCN3C(=O)c4ccccc4C3=O)c1=O)CCC2. The average molecular weight is 350 g/mol. The molecule has 130 valence electrons. The number of imide groups is 1. The standard InChI is InChI=1S/C18H14N4O4/c19-10-13-14-6-3-7-20(14)18(26)22(17(13)25)9-8-21-15(23)11-4-1-2-5-12(11)16(21)24/h1-2,4-5H,3,6-9H2. The lowest BCUT2D eigenvalue weighted by Crippen LogP contribution is -2.44. The van der Waals surface area contributed by atoms with E-state index in [0.717, 1.165) is 9.47 Å². The number of hydrogen-bond donors (Lipinski definition) is 0. The molecule has 0 N–H and O–H groups in total. The summed E-state index contributed by atoms with van der Waals surface area (Å²) in [5.41, 5.74) is -0.106. The minimum Gasteiger partial charge on any atom is -0.296 e. The molecule has 4 rings (SSSR count). The van der Waals surface area contributed by atoms with Gasteiger partial charge in [-0.25, -0.2) is 4.79 Å². The zero-order chi connectivity index (χ0) is 18.4. The predicted octanol–water partition coefficient (Wildman–Crippen LogP) is 0.124. The third-order valence-corrected chi connectivity index (χ3v) is 4.87. The topological polar surface area (TPSA) is 105 Å². The first-order chi connectivity index (χ1) is 12.5. The van der Waals surface area contributed by atoms with E-state index in [4.69, 9.17) is 0 Å². The van der Waals surface area contributed by atoms with E-state index >= 15 is 0 Å². The molecule has 0 atom stereocenters. The molecule has 2 amide bonds. The lowest BCUT2D eigenvalue weighted by Gasteiger charge is -2.16. The van der Waals surface area contributed by atoms with Crippen molar-refractivity contribution in [3.05, 3.63) is 67.5 Å². The fourth-order valence-corrected chi connectivity index (χ4v) is 3.59. The maximum Gasteiger partial charge on any atom is 0.331 e. The molecule has 3 heterocycles. The van der Waals surface area contributed by atoms with Gasteiger partial charge in [0, 0.05) is 25.3 Å². The summed E-state index contributed by atoms with van der Waals surface area (Å²) in [5.74, 6) is -0.888. The quantitative estimate of drug-likeness (QED) is 0.731. The van der Waals surface area contributed by atoms with Gasteiger partial charge in [0.1, 0.15) is 11.6 Å². The van der Waals surface area contributed by atoms with Gasteiger partial charge >= 0.3 is 5.69 Å². The van der Waals surface area contributed by atoms with Crippen LogP contribution in [0, 0.1) is 11.3 Å². The number of amides is 2. The number of fused-ring (bicyclic) bond motifs is 2. The molecular formula is C18H14N4O4. The van der Waals surface area contributed by atoms with Gasteiger partial charge in [-0.3, -0.25) is 28.4 Å². The largest absolute Gasteiger partial charge is 0.331 e. The Bertz CT molecular complexity index is 1080. The second-order valence-corrected chi connectivity index (χ2v) is 6.24. The molecule has 0 unspecified atom stereocenters. The fourth-order valence-electron chi connectivity index (χ4n) is 3.59. The summed E-state index contributed by atoms with van der Waals surface area (Å²) in [6, 6.07) is 8.36. The van der Waals surface area contributed by atoms with Crippen LogP contribution in [0.2, 0.25) is 0 Å². The van der Waals surface area contributed by atoms with Gasteiger partial charge in [0.05, 0.1) is 11.1 Å². The summed E-state index contributed by atoms with van der Waals surface area (Å²) in [7, 11) is 0. The zero-order valence-corrected chi connectivity index (χ0v) is 13.8. The minimum atomic E-state index is -0.665. The number of hydrogen-bond acceptors (Lipinski definition) is 5. The van der Waals surface area contributed by atoms with Crippen molar-refractivity contribution < 1.29 is 9.59 Å². The van der Waals surface area contributed by atoms with E-state index in [1.807, 2.05) is 6.07 Å². The summed E-state index contributed by atoms with van der Waals surface area (Å²) in [6.45, 7) is 0.208. The van der Waals surface area contributed by atoms with Crippen molar-refractivity contribution >= 4 is 11.8 Å². The first kappa shape index (κ1) is 16.0. The Labute approximate surface area is 147 Å². The Morgan fingerprint density at radius 1 is 1.00 bits per heavy atom. The molecular weight excluding hydrogens is 336 g/mol. The molecule has 0 radical (unpaired) electrons. The Kier molecular flexibility index (Phi) is 3.58. The lowest BCUT2D eigenvalue weighted by atomic mass is 10.1. The van der Waals surface area contributed by atoms with Gasteiger partial charge in [-0.15, -0.1) is 0 Å². The van der Waals surface area contributed by atoms with E-state index in [1.165, 1.54) is 4.57 Å². The van der Waals surface area contributed by atoms with Crippen molar-refractivity contribution in [3.8, 4) is 6.07 Å². The lowest BCUT2D eigenvalue weighted by molar-refractivity contribution is 0.0647. The second kappa shape index (κ2) is 5.81. The van der Waals surface area contributed by atoms with E-state index < -0.39 is 23.1 Å². The highest BCUT2D eigenvalue weighted by atomic mass is 16.2. The third-order valence-electron chi connectivity index (χ3n) is 4.87. The van der Waals surface area contributed by atoms with E-state index in [1.54, 1.807) is 24.3 Å². The predicted molar refractivity (Wildman–Crippen MR) is 89.8 cm³/mol. The molecule has 26 heavy (non-hydrogen) atoms. The maximum absolute atomic E-state index is 12.6. The molecule has 0 aliphatic carbocycles. The van der Waals surface area contributed by atoms with Crippen LogP contribution in [-0.4, -0.2) is 32.4 Å². The summed E-state index contributed by atoms with van der Waals surface area (Å²) < 4.78 is 2.37. The Morgan fingerprint density at radius 2 is 1.65 bits per heavy atom. The van der Waals surface area contributed by atoms with Crippen molar-refractivity contribution in [2.45, 2.75) is 25.9 Å². The summed E-state index contributed by atoms with van der Waals surface area (Å²) in [4.78, 5) is 50.9. The van der Waals surface area contributed by atoms with Crippen LogP contribution in [0.1, 0.15) is 38.4 Å². The third kappa shape index (κ3) is 2.14. The molecule has 1 aromatic heterocycles. The minimum absolute atomic E-state index is 0.0375. The highest BCUT2D eigenvalue weighted by Gasteiger charge is 2.35. The fraction of sp³-hybridized carbons (Fsp3) is 0.278. The van der Waals surface area contributed by atoms with E-state index in [0.29, 0.717) is 36.2 Å². The molecule has 0 fully saturated rings. The number of benzene rings is 1. The monoisotopic (exact) mass is 350 g/mol. The van der Waals surface area contributed by atoms with Crippen molar-refractivity contribution in [1.82, 2.24) is 14.0 Å². The summed E-state index contributed by atoms with van der Waals surface area (Å²) in [6.07, 6.45) is 1.22. The highest BCUT2D eigenvalue weighted by Crippen LogP contribution is 2.22. The van der Waals surface area contributed by atoms with Gasteiger partial charge in [0.15, 0.2) is 0 Å². The zero-order valence-electron chi connectivity index (χ0n) is 13.8. The molecule has 1 aromatic carbocycles. The van der Waals surface area contributed by atoms with E-state index in [9.17, 15) is 24.4 Å². The first-order valence-corrected chi connectivity index (χ1v) is 8.26. The van der Waals surface area contributed by atoms with Crippen LogP contribution < -0.4 is 11.2 Å². The average Bonchev–Trinajstić information content (AvgIpc) is 3.21. The second-order valence-electron chi connectivity index (χ2n) is 6.24.